The molecule has 0 fully saturated rings. The second-order valence-corrected chi connectivity index (χ2v) is 4.55. The van der Waals surface area contributed by atoms with Crippen LogP contribution in [-0.2, 0) is 9.59 Å². The number of carbonyl (C=O) groups excluding carboxylic acids is 1. The van der Waals surface area contributed by atoms with Crippen LogP contribution >= 0.6 is 15.9 Å². The van der Waals surface area contributed by atoms with E-state index < -0.39 is 17.7 Å². The maximum Gasteiger partial charge on any atom is 0.331 e. The van der Waals surface area contributed by atoms with Gasteiger partial charge in [-0.05, 0) is 32.0 Å². The van der Waals surface area contributed by atoms with E-state index in [0.717, 1.165) is 0 Å². The summed E-state index contributed by atoms with van der Waals surface area (Å²) in [5, 5.41) is 11.1. The summed E-state index contributed by atoms with van der Waals surface area (Å²) < 4.78 is 14.0. The zero-order chi connectivity index (χ0) is 13.9. The largest absolute Gasteiger partial charge is 0.478 e. The van der Waals surface area contributed by atoms with Crippen molar-refractivity contribution < 1.29 is 19.1 Å². The molecule has 0 saturated carbocycles. The molecule has 2 N–H and O–H groups in total. The summed E-state index contributed by atoms with van der Waals surface area (Å²) in [7, 11) is 0. The molecule has 0 unspecified atom stereocenters. The van der Waals surface area contributed by atoms with Crippen molar-refractivity contribution in [3.63, 3.8) is 0 Å². The molecule has 4 nitrogen and oxygen atoms in total. The number of aliphatic carboxylic acids is 1. The van der Waals surface area contributed by atoms with E-state index in [1.165, 1.54) is 26.0 Å². The third kappa shape index (κ3) is 3.40. The highest BCUT2D eigenvalue weighted by molar-refractivity contribution is 9.10. The minimum absolute atomic E-state index is 0.000684. The number of halogens is 2. The van der Waals surface area contributed by atoms with Crippen LogP contribution in [0.15, 0.2) is 33.8 Å². The zero-order valence-electron chi connectivity index (χ0n) is 9.75. The molecule has 0 saturated heterocycles. The third-order valence-electron chi connectivity index (χ3n) is 2.40. The first-order valence-corrected chi connectivity index (χ1v) is 5.79. The third-order valence-corrected chi connectivity index (χ3v) is 2.90. The van der Waals surface area contributed by atoms with Gasteiger partial charge in [-0.15, -0.1) is 0 Å². The van der Waals surface area contributed by atoms with E-state index in [0.29, 0.717) is 4.47 Å². The Kier molecular flexibility index (Phi) is 4.61. The van der Waals surface area contributed by atoms with Gasteiger partial charge in [-0.1, -0.05) is 15.9 Å². The van der Waals surface area contributed by atoms with Crippen molar-refractivity contribution in [2.45, 2.75) is 13.8 Å². The number of rotatable bonds is 3. The topological polar surface area (TPSA) is 66.4 Å². The predicted octanol–water partition coefficient (Wildman–Crippen LogP) is 2.95. The molecule has 0 aromatic heterocycles. The van der Waals surface area contributed by atoms with E-state index in [-0.39, 0.29) is 16.8 Å². The Balaban J connectivity index is 2.95. The standard InChI is InChI=1S/C12H11BrFNO3/c1-6(7(2)12(17)18)11(16)15-10-4-3-8(13)5-9(10)14/h3-5H,1-2H3,(H,15,16)(H,17,18). The lowest BCUT2D eigenvalue weighted by Gasteiger charge is -2.08. The van der Waals surface area contributed by atoms with Crippen LogP contribution in [0.3, 0.4) is 0 Å². The van der Waals surface area contributed by atoms with E-state index in [1.807, 2.05) is 0 Å². The molecule has 6 heteroatoms. The summed E-state index contributed by atoms with van der Waals surface area (Å²) in [6.07, 6.45) is 0. The van der Waals surface area contributed by atoms with Gasteiger partial charge in [0.15, 0.2) is 0 Å². The van der Waals surface area contributed by atoms with Crippen LogP contribution in [0.4, 0.5) is 10.1 Å². The van der Waals surface area contributed by atoms with Gasteiger partial charge in [0.25, 0.3) is 5.91 Å². The number of anilines is 1. The van der Waals surface area contributed by atoms with Crippen molar-refractivity contribution in [1.29, 1.82) is 0 Å². The van der Waals surface area contributed by atoms with Gasteiger partial charge >= 0.3 is 5.97 Å². The first-order chi connectivity index (χ1) is 8.32. The average Bonchev–Trinajstić information content (AvgIpc) is 2.30. The number of hydrogen-bond acceptors (Lipinski definition) is 2. The molecule has 0 spiro atoms. The first kappa shape index (κ1) is 14.4. The molecule has 0 bridgehead atoms. The summed E-state index contributed by atoms with van der Waals surface area (Å²) in [6, 6.07) is 4.17. The van der Waals surface area contributed by atoms with Crippen LogP contribution in [0.25, 0.3) is 0 Å². The molecule has 1 aromatic rings. The summed E-state index contributed by atoms with van der Waals surface area (Å²) in [6.45, 7) is 2.69. The first-order valence-electron chi connectivity index (χ1n) is 5.00. The molecule has 0 aliphatic carbocycles. The fraction of sp³-hybridized carbons (Fsp3) is 0.167. The van der Waals surface area contributed by atoms with E-state index in [9.17, 15) is 14.0 Å². The minimum Gasteiger partial charge on any atom is -0.478 e. The van der Waals surface area contributed by atoms with Gasteiger partial charge in [-0.25, -0.2) is 9.18 Å². The molecule has 18 heavy (non-hydrogen) atoms. The van der Waals surface area contributed by atoms with Crippen LogP contribution < -0.4 is 5.32 Å². The highest BCUT2D eigenvalue weighted by atomic mass is 79.9. The van der Waals surface area contributed by atoms with Crippen LogP contribution in [0.2, 0.25) is 0 Å². The van der Waals surface area contributed by atoms with Crippen LogP contribution in [0.1, 0.15) is 13.8 Å². The molecule has 1 rings (SSSR count). The molecule has 0 radical (unpaired) electrons. The summed E-state index contributed by atoms with van der Waals surface area (Å²) >= 11 is 3.09. The Hall–Kier alpha value is -1.69. The van der Waals surface area contributed by atoms with Crippen LogP contribution in [0.5, 0.6) is 0 Å². The maximum atomic E-state index is 13.5. The van der Waals surface area contributed by atoms with Gasteiger partial charge in [-0.3, -0.25) is 4.79 Å². The molecule has 0 heterocycles. The molecule has 96 valence electrons. The van der Waals surface area contributed by atoms with E-state index in [4.69, 9.17) is 5.11 Å². The Morgan fingerprint density at radius 2 is 1.89 bits per heavy atom. The summed E-state index contributed by atoms with van der Waals surface area (Å²) in [5.41, 5.74) is -0.0458. The zero-order valence-corrected chi connectivity index (χ0v) is 11.3. The van der Waals surface area contributed by atoms with Crippen LogP contribution in [-0.4, -0.2) is 17.0 Å². The number of benzene rings is 1. The fourth-order valence-corrected chi connectivity index (χ4v) is 1.47. The minimum atomic E-state index is -1.18. The highest BCUT2D eigenvalue weighted by Crippen LogP contribution is 2.20. The van der Waals surface area contributed by atoms with E-state index in [1.54, 1.807) is 6.07 Å². The molecular weight excluding hydrogens is 305 g/mol. The van der Waals surface area contributed by atoms with Crippen molar-refractivity contribution in [3.05, 3.63) is 39.6 Å². The number of carbonyl (C=O) groups is 2. The Morgan fingerprint density at radius 3 is 2.39 bits per heavy atom. The smallest absolute Gasteiger partial charge is 0.331 e. The fourth-order valence-electron chi connectivity index (χ4n) is 1.14. The second kappa shape index (κ2) is 5.77. The van der Waals surface area contributed by atoms with Crippen LogP contribution in [0, 0.1) is 5.82 Å². The number of carboxylic acids is 1. The molecule has 0 atom stereocenters. The highest BCUT2D eigenvalue weighted by Gasteiger charge is 2.14. The monoisotopic (exact) mass is 315 g/mol. The molecular formula is C12H11BrFNO3. The average molecular weight is 316 g/mol. The summed E-state index contributed by atoms with van der Waals surface area (Å²) in [5.74, 6) is -2.42. The molecule has 1 aromatic carbocycles. The SMILES string of the molecule is CC(C(=O)O)=C(C)C(=O)Nc1ccc(Br)cc1F. The lowest BCUT2D eigenvalue weighted by molar-refractivity contribution is -0.133. The maximum absolute atomic E-state index is 13.5. The van der Waals surface area contributed by atoms with E-state index >= 15 is 0 Å². The van der Waals surface area contributed by atoms with Crippen molar-refractivity contribution in [3.8, 4) is 0 Å². The number of nitrogens with one attached hydrogen (secondary N) is 1. The van der Waals surface area contributed by atoms with E-state index in [2.05, 4.69) is 21.2 Å². The van der Waals surface area contributed by atoms with Crippen molar-refractivity contribution in [1.82, 2.24) is 0 Å². The summed E-state index contributed by atoms with van der Waals surface area (Å²) in [4.78, 5) is 22.4. The van der Waals surface area contributed by atoms with Gasteiger partial charge in [0.1, 0.15) is 5.82 Å². The molecule has 1 amide bonds. The number of carboxylic acid groups (broad SMARTS) is 1. The van der Waals surface area contributed by atoms with Gasteiger partial charge in [0, 0.05) is 15.6 Å². The Labute approximate surface area is 112 Å². The Bertz CT molecular complexity index is 540. The predicted molar refractivity (Wildman–Crippen MR) is 68.7 cm³/mol. The lowest BCUT2D eigenvalue weighted by atomic mass is 10.1. The molecule has 0 aliphatic heterocycles. The lowest BCUT2D eigenvalue weighted by Crippen LogP contribution is -2.17. The normalized spacial score (nSPS) is 11.8. The molecule has 0 aliphatic rings. The van der Waals surface area contributed by atoms with Crippen molar-refractivity contribution in [2.75, 3.05) is 5.32 Å². The van der Waals surface area contributed by atoms with Gasteiger partial charge in [0.2, 0.25) is 0 Å². The van der Waals surface area contributed by atoms with Gasteiger partial charge in [-0.2, -0.15) is 0 Å². The second-order valence-electron chi connectivity index (χ2n) is 3.63. The number of hydrogen-bond donors (Lipinski definition) is 2. The number of amides is 1. The van der Waals surface area contributed by atoms with Crippen molar-refractivity contribution >= 4 is 33.5 Å². The quantitative estimate of drug-likeness (QED) is 0.843. The van der Waals surface area contributed by atoms with Gasteiger partial charge in [0.05, 0.1) is 5.69 Å². The van der Waals surface area contributed by atoms with Gasteiger partial charge < -0.3 is 10.4 Å². The Morgan fingerprint density at radius 1 is 1.28 bits per heavy atom. The van der Waals surface area contributed by atoms with Crippen molar-refractivity contribution in [2.24, 2.45) is 0 Å².